The molecule has 1 atom stereocenters. The lowest BCUT2D eigenvalue weighted by molar-refractivity contribution is -0.113. The molecule has 4 heteroatoms. The van der Waals surface area contributed by atoms with E-state index in [1.807, 2.05) is 18.2 Å². The van der Waals surface area contributed by atoms with Crippen LogP contribution in [0.3, 0.4) is 0 Å². The monoisotopic (exact) mass is 296 g/mol. The zero-order valence-corrected chi connectivity index (χ0v) is 11.5. The van der Waals surface area contributed by atoms with Crippen LogP contribution in [0.1, 0.15) is 17.0 Å². The number of hydrogen-bond donors (Lipinski definition) is 0. The molecule has 2 rings (SSSR count). The summed E-state index contributed by atoms with van der Waals surface area (Å²) in [6.07, 6.45) is 0.396. The Morgan fingerprint density at radius 2 is 1.74 bits per heavy atom. The first-order valence-electron chi connectivity index (χ1n) is 5.76. The second-order valence-corrected chi connectivity index (χ2v) is 4.98. The quantitative estimate of drug-likeness (QED) is 0.755. The average molecular weight is 297 g/mol. The van der Waals surface area contributed by atoms with Gasteiger partial charge in [-0.15, -0.1) is 0 Å². The molecule has 0 aliphatic heterocycles. The largest absolute Gasteiger partial charge is 0.281 e. The van der Waals surface area contributed by atoms with Gasteiger partial charge in [0, 0.05) is 5.02 Å². The fourth-order valence-electron chi connectivity index (χ4n) is 1.91. The fourth-order valence-corrected chi connectivity index (χ4v) is 2.32. The fraction of sp³-hybridized carbons (Fsp3) is 0.133. The van der Waals surface area contributed by atoms with Gasteiger partial charge in [-0.3, -0.25) is 4.79 Å². The van der Waals surface area contributed by atoms with Crippen LogP contribution in [0.5, 0.6) is 0 Å². The highest BCUT2D eigenvalue weighted by Crippen LogP contribution is 2.27. The molecule has 0 aliphatic rings. The maximum Gasteiger partial charge on any atom is 0.229 e. The average Bonchev–Trinajstić information content (AvgIpc) is 2.39. The van der Waals surface area contributed by atoms with Gasteiger partial charge >= 0.3 is 0 Å². The normalized spacial score (nSPS) is 12.2. The van der Waals surface area contributed by atoms with Crippen molar-refractivity contribution in [3.63, 3.8) is 0 Å². The van der Waals surface area contributed by atoms with E-state index in [9.17, 15) is 9.18 Å². The van der Waals surface area contributed by atoms with Crippen LogP contribution in [0.25, 0.3) is 0 Å². The Labute approximate surface area is 121 Å². The molecule has 0 saturated carbocycles. The van der Waals surface area contributed by atoms with E-state index in [1.165, 1.54) is 12.1 Å². The van der Waals surface area contributed by atoms with Crippen LogP contribution in [-0.4, -0.2) is 5.24 Å². The van der Waals surface area contributed by atoms with Crippen molar-refractivity contribution in [2.24, 2.45) is 0 Å². The first-order chi connectivity index (χ1) is 9.08. The summed E-state index contributed by atoms with van der Waals surface area (Å²) in [5.41, 5.74) is 1.52. The Hall–Kier alpha value is -1.38. The summed E-state index contributed by atoms with van der Waals surface area (Å²) in [7, 11) is 0. The van der Waals surface area contributed by atoms with Crippen LogP contribution >= 0.6 is 23.2 Å². The van der Waals surface area contributed by atoms with Crippen molar-refractivity contribution in [3.8, 4) is 0 Å². The molecule has 1 nitrogen and oxygen atoms in total. The number of rotatable bonds is 4. The molecule has 1 unspecified atom stereocenters. The maximum atomic E-state index is 12.9. The van der Waals surface area contributed by atoms with Gasteiger partial charge in [-0.1, -0.05) is 41.9 Å². The van der Waals surface area contributed by atoms with E-state index in [0.29, 0.717) is 17.0 Å². The summed E-state index contributed by atoms with van der Waals surface area (Å²) in [5, 5.41) is 0.110. The predicted molar refractivity (Wildman–Crippen MR) is 75.2 cm³/mol. The third-order valence-corrected chi connectivity index (χ3v) is 3.56. The van der Waals surface area contributed by atoms with E-state index < -0.39 is 11.2 Å². The van der Waals surface area contributed by atoms with E-state index in [1.54, 1.807) is 18.2 Å². The molecule has 2 aromatic rings. The summed E-state index contributed by atoms with van der Waals surface area (Å²) in [4.78, 5) is 11.6. The van der Waals surface area contributed by atoms with Crippen LogP contribution in [0, 0.1) is 5.82 Å². The SMILES string of the molecule is O=C(Cl)C(Cc1ccccc1Cl)c1ccc(F)cc1. The number of carbonyl (C=O) groups is 1. The Balaban J connectivity index is 2.29. The van der Waals surface area contributed by atoms with Gasteiger partial charge in [0.15, 0.2) is 0 Å². The van der Waals surface area contributed by atoms with Crippen LogP contribution in [0.2, 0.25) is 5.02 Å². The van der Waals surface area contributed by atoms with E-state index >= 15 is 0 Å². The predicted octanol–water partition coefficient (Wildman–Crippen LogP) is 4.57. The topological polar surface area (TPSA) is 17.1 Å². The van der Waals surface area contributed by atoms with Crippen LogP contribution in [-0.2, 0) is 11.2 Å². The molecule has 0 bridgehead atoms. The zero-order chi connectivity index (χ0) is 13.8. The molecular formula is C15H11Cl2FO. The molecule has 19 heavy (non-hydrogen) atoms. The first-order valence-corrected chi connectivity index (χ1v) is 6.51. The second kappa shape index (κ2) is 6.18. The molecule has 0 spiro atoms. The van der Waals surface area contributed by atoms with Gasteiger partial charge in [-0.25, -0.2) is 4.39 Å². The summed E-state index contributed by atoms with van der Waals surface area (Å²) in [5.74, 6) is -0.871. The van der Waals surface area contributed by atoms with E-state index in [-0.39, 0.29) is 5.82 Å². The standard InChI is InChI=1S/C15H11Cl2FO/c16-14-4-2-1-3-11(14)9-13(15(17)19)10-5-7-12(18)8-6-10/h1-8,13H,9H2. The first kappa shape index (κ1) is 14.0. The molecule has 0 N–H and O–H groups in total. The lowest BCUT2D eigenvalue weighted by atomic mass is 9.93. The Bertz CT molecular complexity index is 581. The molecule has 0 aromatic heterocycles. The van der Waals surface area contributed by atoms with Gasteiger partial charge < -0.3 is 0 Å². The molecule has 0 aliphatic carbocycles. The molecule has 0 fully saturated rings. The zero-order valence-electron chi connectivity index (χ0n) is 9.95. The van der Waals surface area contributed by atoms with Crippen LogP contribution in [0.4, 0.5) is 4.39 Å². The van der Waals surface area contributed by atoms with Crippen molar-refractivity contribution >= 4 is 28.4 Å². The molecule has 0 radical (unpaired) electrons. The van der Waals surface area contributed by atoms with Gasteiger partial charge in [0.25, 0.3) is 0 Å². The van der Waals surface area contributed by atoms with Crippen molar-refractivity contribution in [2.45, 2.75) is 12.3 Å². The minimum Gasteiger partial charge on any atom is -0.281 e. The highest BCUT2D eigenvalue weighted by molar-refractivity contribution is 6.64. The highest BCUT2D eigenvalue weighted by Gasteiger charge is 2.20. The Morgan fingerprint density at radius 3 is 2.32 bits per heavy atom. The summed E-state index contributed by atoms with van der Waals surface area (Å²) in [6, 6.07) is 13.0. The lowest BCUT2D eigenvalue weighted by Gasteiger charge is -2.14. The summed E-state index contributed by atoms with van der Waals surface area (Å²) in [6.45, 7) is 0. The van der Waals surface area contributed by atoms with Crippen LogP contribution < -0.4 is 0 Å². The Morgan fingerprint density at radius 1 is 1.11 bits per heavy atom. The molecule has 0 saturated heterocycles. The van der Waals surface area contributed by atoms with Crippen molar-refractivity contribution < 1.29 is 9.18 Å². The van der Waals surface area contributed by atoms with Crippen LogP contribution in [0.15, 0.2) is 48.5 Å². The van der Waals surface area contributed by atoms with Gasteiger partial charge in [0.2, 0.25) is 5.24 Å². The number of hydrogen-bond acceptors (Lipinski definition) is 1. The van der Waals surface area contributed by atoms with Crippen molar-refractivity contribution in [1.82, 2.24) is 0 Å². The molecule has 0 amide bonds. The van der Waals surface area contributed by atoms with Gasteiger partial charge in [-0.05, 0) is 47.3 Å². The molecule has 2 aromatic carbocycles. The van der Waals surface area contributed by atoms with Crippen molar-refractivity contribution in [3.05, 3.63) is 70.5 Å². The number of carbonyl (C=O) groups excluding carboxylic acids is 1. The van der Waals surface area contributed by atoms with E-state index in [0.717, 1.165) is 5.56 Å². The number of halogens is 3. The molecular weight excluding hydrogens is 286 g/mol. The second-order valence-electron chi connectivity index (χ2n) is 4.20. The minimum atomic E-state index is -0.526. The minimum absolute atomic E-state index is 0.345. The smallest absolute Gasteiger partial charge is 0.229 e. The third kappa shape index (κ3) is 3.55. The van der Waals surface area contributed by atoms with E-state index in [2.05, 4.69) is 0 Å². The maximum absolute atomic E-state index is 12.9. The third-order valence-electron chi connectivity index (χ3n) is 2.93. The Kier molecular flexibility index (Phi) is 4.56. The molecule has 0 heterocycles. The number of benzene rings is 2. The van der Waals surface area contributed by atoms with E-state index in [4.69, 9.17) is 23.2 Å². The van der Waals surface area contributed by atoms with Gasteiger partial charge in [0.1, 0.15) is 5.82 Å². The summed E-state index contributed by atoms with van der Waals surface area (Å²) >= 11 is 11.7. The van der Waals surface area contributed by atoms with Crippen molar-refractivity contribution in [2.75, 3.05) is 0 Å². The van der Waals surface area contributed by atoms with Gasteiger partial charge in [-0.2, -0.15) is 0 Å². The molecule has 98 valence electrons. The highest BCUT2D eigenvalue weighted by atomic mass is 35.5. The lowest BCUT2D eigenvalue weighted by Crippen LogP contribution is -2.10. The summed E-state index contributed by atoms with van der Waals surface area (Å²) < 4.78 is 12.9. The van der Waals surface area contributed by atoms with Crippen molar-refractivity contribution in [1.29, 1.82) is 0 Å². The van der Waals surface area contributed by atoms with Gasteiger partial charge in [0.05, 0.1) is 5.92 Å².